The zero-order chi connectivity index (χ0) is 102. The smallest absolute Gasteiger partial charge is 0.327 e. The Morgan fingerprint density at radius 3 is 1.28 bits per heavy atom. The third-order valence-electron chi connectivity index (χ3n) is 21.1. The van der Waals surface area contributed by atoms with E-state index in [4.69, 9.17) is 34.5 Å². The maximum atomic E-state index is 14.7. The highest BCUT2D eigenvalue weighted by Gasteiger charge is 2.42. The van der Waals surface area contributed by atoms with Crippen LogP contribution in [0.5, 0.6) is 0 Å². The van der Waals surface area contributed by atoms with Crippen molar-refractivity contribution in [3.8, 4) is 0 Å². The molecule has 0 saturated carbocycles. The molecule has 1 aromatic rings. The number of aliphatic carboxylic acids is 3. The van der Waals surface area contributed by atoms with Crippen molar-refractivity contribution >= 4 is 124 Å². The summed E-state index contributed by atoms with van der Waals surface area (Å²) in [6.45, 7) is 0.303. The molecule has 1 heterocycles. The van der Waals surface area contributed by atoms with Gasteiger partial charge in [0.25, 0.3) is 6.47 Å². The fourth-order valence-corrected chi connectivity index (χ4v) is 14.0. The van der Waals surface area contributed by atoms with Gasteiger partial charge in [-0.3, -0.25) is 86.4 Å². The summed E-state index contributed by atoms with van der Waals surface area (Å²) in [6.07, 6.45) is -35.9. The molecule has 0 radical (unpaired) electrons. The number of carboxylic acid groups (broad SMARTS) is 3. The largest absolute Gasteiger partial charge is 0.481 e. The predicted molar refractivity (Wildman–Crippen MR) is 466 cm³/mol. The maximum absolute atomic E-state index is 14.7. The third-order valence-corrected chi connectivity index (χ3v) is 22.4. The molecule has 2 rings (SSSR count). The van der Waals surface area contributed by atoms with E-state index in [2.05, 4.69) is 47.9 Å². The lowest BCUT2D eigenvalue weighted by atomic mass is 9.89. The van der Waals surface area contributed by atoms with Gasteiger partial charge in [0.15, 0.2) is 17.3 Å². The van der Waals surface area contributed by atoms with Gasteiger partial charge in [-0.1, -0.05) is 32.9 Å². The minimum absolute atomic E-state index is 0.00998. The molecular formula is C83H133N11O41S. The second-order valence-electron chi connectivity index (χ2n) is 32.3. The summed E-state index contributed by atoms with van der Waals surface area (Å²) >= 11 is 0.575. The summed E-state index contributed by atoms with van der Waals surface area (Å²) in [4.78, 5) is 238. The van der Waals surface area contributed by atoms with Gasteiger partial charge < -0.3 is 169 Å². The first-order valence-corrected chi connectivity index (χ1v) is 44.8. The van der Waals surface area contributed by atoms with Crippen LogP contribution in [0.3, 0.4) is 0 Å². The maximum Gasteiger partial charge on any atom is 0.327 e. The minimum atomic E-state index is -2.20. The molecule has 0 aromatic heterocycles. The molecule has 0 spiro atoms. The van der Waals surface area contributed by atoms with E-state index in [1.165, 1.54) is 0 Å². The third kappa shape index (κ3) is 47.9. The molecule has 1 aliphatic heterocycles. The lowest BCUT2D eigenvalue weighted by Crippen LogP contribution is -2.51. The van der Waals surface area contributed by atoms with E-state index in [1.54, 1.807) is 45.0 Å². The SMILES string of the molecule is CC(C)[C@H](NC(=O)CCOCCOCCOCCOCCNC(=O)CCN1C(=O)CC(SC[C@@H](NC(=O)[C@H](CCC(=O)NC[C@H](O)[C@@H](O)[C@H](O)[C@H](O)CO)CC(=O)[C@@H](CCC(=O)O)NC(=O)[C@H](CCC(=O)NC[C@H](O)[C@@H](O)[C@H](O)[C@H](O)CO)CC(=O)[C@@H](CCC(=O)O)NC(=O)[C@@H](N)CCC(=O)NC[C@H](O)[C@@H](O)[C@H](O)[C@H](O)CO)C(=O)O)C1=O)C(=O)C[C@@H](C)C(=O)Nc1ccc(COC=O)cc1. The number of Topliss-reactive ketones (excluding diaryl/α,β-unsaturated/α-hetero) is 3. The summed E-state index contributed by atoms with van der Waals surface area (Å²) in [5.41, 5.74) is 7.22. The number of rotatable bonds is 77. The first kappa shape index (κ1) is 122. The van der Waals surface area contributed by atoms with E-state index in [0.717, 1.165) is 4.90 Å². The Kier molecular flexibility index (Phi) is 59.7. The van der Waals surface area contributed by atoms with Crippen LogP contribution in [0, 0.1) is 23.7 Å². The average Bonchev–Trinajstić information content (AvgIpc) is 1.67. The average molecular weight is 1970 g/mol. The summed E-state index contributed by atoms with van der Waals surface area (Å²) in [5, 5.41) is 198. The van der Waals surface area contributed by atoms with Gasteiger partial charge in [0.1, 0.15) is 67.6 Å². The summed E-state index contributed by atoms with van der Waals surface area (Å²) < 4.78 is 26.7. The Morgan fingerprint density at radius 1 is 0.456 bits per heavy atom. The van der Waals surface area contributed by atoms with E-state index in [1.807, 2.05) is 0 Å². The molecule has 21 atom stereocenters. The van der Waals surface area contributed by atoms with E-state index >= 15 is 0 Å². The molecule has 1 aliphatic rings. The highest BCUT2D eigenvalue weighted by molar-refractivity contribution is 8.00. The normalized spacial score (nSPS) is 17.1. The van der Waals surface area contributed by atoms with Crippen LogP contribution >= 0.6 is 11.8 Å². The van der Waals surface area contributed by atoms with Gasteiger partial charge in [-0.2, -0.15) is 0 Å². The minimum Gasteiger partial charge on any atom is -0.481 e. The van der Waals surface area contributed by atoms with Gasteiger partial charge in [-0.05, 0) is 55.7 Å². The van der Waals surface area contributed by atoms with Gasteiger partial charge in [-0.15, -0.1) is 11.8 Å². The quantitative estimate of drug-likeness (QED) is 0.0164. The number of aliphatic hydroxyl groups is 15. The van der Waals surface area contributed by atoms with Crippen LogP contribution in [0.1, 0.15) is 129 Å². The standard InChI is InChI=1S/C83H133N11O41S/c1-43(2)71(55(101)30-44(3)78(124)89-48-8-4-45(5-9-48)40-135-42-98)93-67(112)19-22-131-24-26-133-28-29-134-27-25-132-23-20-85-66(111)18-21-94-68(113)33-62(82(94)128)136-41-52(83(129)130)92-80(126)47(7-14-64(109)87-35-57(103)73(119)76(122)60(106)38-96)32-53(99)50(11-16-69(114)115)90-79(125)46(6-13-63(108)86-34-56(102)72(118)75(121)59(105)37-95)31-54(100)51(12-17-70(116)117)91-81(127)49(84)10-15-65(110)88-36-58(104)74(120)77(123)61(107)39-97/h4-5,8-9,42-44,46-47,49-52,56-62,71-77,95-97,102-107,118-123H,6-7,10-41,84H2,1-3H3,(H,85,111)(H,86,108)(H,87,109)(H,88,110)(H,89,124)(H,90,125)(H,91,127)(H,92,126)(H,93,112)(H,114,115)(H,116,117)(H,129,130)/t44-,46-,47-,49+,50-,51-,52-,56+,57+,58+,59-,60-,61-,62?,71+,72-,73-,74-,75-,76-,77-/m1/s1. The van der Waals surface area contributed by atoms with E-state index in [9.17, 15) is 173 Å². The molecule has 11 amide bonds. The van der Waals surface area contributed by atoms with Gasteiger partial charge in [0.05, 0.1) is 120 Å². The Bertz CT molecular complexity index is 3960. The number of hydrogen-bond acceptors (Lipinski definition) is 40. The van der Waals surface area contributed by atoms with Crippen LogP contribution in [0.25, 0.3) is 0 Å². The first-order chi connectivity index (χ1) is 64.2. The van der Waals surface area contributed by atoms with E-state index in [0.29, 0.717) is 29.5 Å². The van der Waals surface area contributed by atoms with Crippen molar-refractivity contribution in [1.29, 1.82) is 0 Å². The zero-order valence-electron chi connectivity index (χ0n) is 75.5. The van der Waals surface area contributed by atoms with Crippen LogP contribution in [0.15, 0.2) is 24.3 Å². The second kappa shape index (κ2) is 66.5. The number of ether oxygens (including phenoxy) is 5. The van der Waals surface area contributed by atoms with Crippen LogP contribution in [-0.2, 0) is 117 Å². The topological polar surface area (TPSA) is 855 Å². The Morgan fingerprint density at radius 2 is 0.860 bits per heavy atom. The first-order valence-electron chi connectivity index (χ1n) is 43.7. The van der Waals surface area contributed by atoms with Crippen molar-refractivity contribution in [1.82, 2.24) is 47.4 Å². The van der Waals surface area contributed by atoms with Crippen LogP contribution in [-0.4, -0.2) is 423 Å². The van der Waals surface area contributed by atoms with Crippen LogP contribution < -0.4 is 53.6 Å². The molecule has 1 aromatic carbocycles. The number of carbonyl (C=O) groups is 18. The van der Waals surface area contributed by atoms with Crippen molar-refractivity contribution in [3.63, 3.8) is 0 Å². The molecule has 52 nitrogen and oxygen atoms in total. The molecule has 0 aliphatic carbocycles. The van der Waals surface area contributed by atoms with Gasteiger partial charge in [0.2, 0.25) is 65.0 Å². The number of nitrogens with zero attached hydrogens (tertiary/aromatic N) is 1. The number of carbonyl (C=O) groups excluding carboxylic acids is 15. The van der Waals surface area contributed by atoms with E-state index < -0.39 is 363 Å². The Balaban J connectivity index is 2.21. The number of benzene rings is 1. The van der Waals surface area contributed by atoms with Crippen molar-refractivity contribution in [3.05, 3.63) is 29.8 Å². The van der Waals surface area contributed by atoms with Crippen LogP contribution in [0.2, 0.25) is 0 Å². The Labute approximate surface area is 784 Å². The molecule has 136 heavy (non-hydrogen) atoms. The van der Waals surface area contributed by atoms with Crippen LogP contribution in [0.4, 0.5) is 5.69 Å². The lowest BCUT2D eigenvalue weighted by molar-refractivity contribution is -0.142. The summed E-state index contributed by atoms with van der Waals surface area (Å²) in [7, 11) is 0. The van der Waals surface area contributed by atoms with Crippen molar-refractivity contribution in [2.24, 2.45) is 29.4 Å². The number of ketones is 3. The summed E-state index contributed by atoms with van der Waals surface area (Å²) in [5.74, 6) is -23.3. The molecule has 29 N–H and O–H groups in total. The zero-order valence-corrected chi connectivity index (χ0v) is 76.3. The van der Waals surface area contributed by atoms with Gasteiger partial charge >= 0.3 is 17.9 Å². The van der Waals surface area contributed by atoms with Gasteiger partial charge in [0, 0.05) is 133 Å². The highest BCUT2D eigenvalue weighted by atomic mass is 32.2. The Hall–Kier alpha value is -9.97. The number of likely N-dealkylation sites (tertiary alicyclic amines) is 1. The number of nitrogens with one attached hydrogen (secondary N) is 9. The number of carboxylic acids is 3. The summed E-state index contributed by atoms with van der Waals surface area (Å²) in [6, 6.07) is -1.88. The fraction of sp³-hybridized carbons (Fsp3) is 0.711. The number of nitrogens with two attached hydrogens (primary N) is 1. The van der Waals surface area contributed by atoms with Crippen molar-refractivity contribution in [2.75, 3.05) is 116 Å². The number of thioether (sulfide) groups is 1. The fourth-order valence-electron chi connectivity index (χ4n) is 12.8. The number of amides is 11. The molecule has 772 valence electrons. The molecular weight excluding hydrogens is 1840 g/mol. The molecule has 53 heteroatoms. The highest BCUT2D eigenvalue weighted by Crippen LogP contribution is 2.28. The van der Waals surface area contributed by atoms with Gasteiger partial charge in [-0.25, -0.2) is 4.79 Å². The number of aliphatic hydroxyl groups excluding tert-OH is 15. The molecule has 0 bridgehead atoms. The van der Waals surface area contributed by atoms with Crippen molar-refractivity contribution in [2.45, 2.75) is 239 Å². The van der Waals surface area contributed by atoms with E-state index in [-0.39, 0.29) is 90.5 Å². The van der Waals surface area contributed by atoms with Crippen molar-refractivity contribution < 1.29 is 202 Å². The molecule has 1 unspecified atom stereocenters. The number of imide groups is 1. The molecule has 1 fully saturated rings. The monoisotopic (exact) mass is 1970 g/mol. The number of anilines is 1. The lowest BCUT2D eigenvalue weighted by Gasteiger charge is -2.26. The molecule has 1 saturated heterocycles. The number of hydrogen-bond donors (Lipinski definition) is 28. The second-order valence-corrected chi connectivity index (χ2v) is 33.6. The predicted octanol–water partition coefficient (Wildman–Crippen LogP) is -11.4.